The fraction of sp³-hybridized carbons (Fsp3) is 0.688. The van der Waals surface area contributed by atoms with E-state index >= 15 is 0 Å². The fourth-order valence-electron chi connectivity index (χ4n) is 1.94. The second-order valence-corrected chi connectivity index (χ2v) is 6.95. The predicted octanol–water partition coefficient (Wildman–Crippen LogP) is 2.89. The summed E-state index contributed by atoms with van der Waals surface area (Å²) in [5.74, 6) is -0.717. The van der Waals surface area contributed by atoms with Gasteiger partial charge in [-0.2, -0.15) is 0 Å². The third-order valence-corrected chi connectivity index (χ3v) is 2.87. The van der Waals surface area contributed by atoms with Crippen molar-refractivity contribution in [2.45, 2.75) is 52.7 Å². The van der Waals surface area contributed by atoms with Gasteiger partial charge < -0.3 is 14.2 Å². The number of carbonyl (C=O) groups is 3. The number of hydrogen-bond donors (Lipinski definition) is 0. The van der Waals surface area contributed by atoms with Gasteiger partial charge in [0.25, 0.3) is 0 Å². The lowest BCUT2D eigenvalue weighted by Gasteiger charge is -2.27. The summed E-state index contributed by atoms with van der Waals surface area (Å²) in [6, 6.07) is -0.927. The molecule has 23 heavy (non-hydrogen) atoms. The summed E-state index contributed by atoms with van der Waals surface area (Å²) < 4.78 is 14.7. The van der Waals surface area contributed by atoms with Gasteiger partial charge in [0.2, 0.25) is 0 Å². The summed E-state index contributed by atoms with van der Waals surface area (Å²) in [6.07, 6.45) is -1.48. The summed E-state index contributed by atoms with van der Waals surface area (Å²) in [7, 11) is 0. The van der Waals surface area contributed by atoms with Gasteiger partial charge in [0.1, 0.15) is 11.6 Å². The Morgan fingerprint density at radius 3 is 2.43 bits per heavy atom. The second kappa shape index (κ2) is 7.48. The molecule has 1 heterocycles. The molecule has 0 aromatic rings. The van der Waals surface area contributed by atoms with E-state index in [2.05, 4.69) is 11.3 Å². The van der Waals surface area contributed by atoms with Crippen molar-refractivity contribution in [1.82, 2.24) is 4.90 Å². The van der Waals surface area contributed by atoms with E-state index in [1.165, 1.54) is 4.90 Å². The molecule has 0 N–H and O–H groups in total. The van der Waals surface area contributed by atoms with Crippen LogP contribution in [0.15, 0.2) is 12.2 Å². The molecule has 130 valence electrons. The minimum atomic E-state index is -1.06. The van der Waals surface area contributed by atoms with Crippen LogP contribution in [-0.2, 0) is 19.0 Å². The van der Waals surface area contributed by atoms with Crippen molar-refractivity contribution in [3.8, 4) is 0 Å². The zero-order valence-electron chi connectivity index (χ0n) is 14.4. The highest BCUT2D eigenvalue weighted by Gasteiger charge is 2.40. The molecule has 1 amide bonds. The molecule has 0 aromatic heterocycles. The van der Waals surface area contributed by atoms with E-state index in [0.717, 1.165) is 0 Å². The van der Waals surface area contributed by atoms with Crippen molar-refractivity contribution in [1.29, 1.82) is 0 Å². The largest absolute Gasteiger partial charge is 0.516 e. The molecule has 7 nitrogen and oxygen atoms in total. The summed E-state index contributed by atoms with van der Waals surface area (Å²) >= 11 is 0. The molecular weight excluding hydrogens is 302 g/mol. The van der Waals surface area contributed by atoms with E-state index < -0.39 is 29.9 Å². The number of carbonyl (C=O) groups excluding carboxylic acids is 3. The fourth-order valence-corrected chi connectivity index (χ4v) is 1.94. The molecule has 1 aliphatic rings. The van der Waals surface area contributed by atoms with E-state index in [-0.39, 0.29) is 25.5 Å². The van der Waals surface area contributed by atoms with Crippen LogP contribution in [0.2, 0.25) is 0 Å². The monoisotopic (exact) mass is 327 g/mol. The molecule has 1 saturated heterocycles. The average Bonchev–Trinajstić information content (AvgIpc) is 2.76. The molecule has 0 aromatic carbocycles. The van der Waals surface area contributed by atoms with Crippen LogP contribution in [0.25, 0.3) is 0 Å². The normalized spacial score (nSPS) is 18.1. The Bertz CT molecular complexity index is 491. The summed E-state index contributed by atoms with van der Waals surface area (Å²) in [5.41, 5.74) is -0.000540. The number of esters is 1. The highest BCUT2D eigenvalue weighted by Crippen LogP contribution is 2.25. The molecule has 0 spiro atoms. The van der Waals surface area contributed by atoms with E-state index in [1.54, 1.807) is 20.8 Å². The van der Waals surface area contributed by atoms with E-state index in [0.29, 0.717) is 5.57 Å². The molecule has 1 rings (SSSR count). The zero-order valence-corrected chi connectivity index (χ0v) is 14.4. The average molecular weight is 327 g/mol. The molecule has 0 radical (unpaired) electrons. The number of nitrogens with zero attached hydrogens (tertiary/aromatic N) is 1. The first-order valence-electron chi connectivity index (χ1n) is 7.54. The molecule has 1 fully saturated rings. The summed E-state index contributed by atoms with van der Waals surface area (Å²) in [6.45, 7) is 13.0. The Hall–Kier alpha value is -2.05. The number of hydrogen-bond acceptors (Lipinski definition) is 6. The van der Waals surface area contributed by atoms with Crippen LogP contribution in [0.3, 0.4) is 0 Å². The third kappa shape index (κ3) is 6.30. The van der Waals surface area contributed by atoms with Crippen molar-refractivity contribution in [3.63, 3.8) is 0 Å². The van der Waals surface area contributed by atoms with Crippen LogP contribution in [0.4, 0.5) is 9.59 Å². The molecule has 0 bridgehead atoms. The van der Waals surface area contributed by atoms with Crippen LogP contribution in [0.5, 0.6) is 0 Å². The number of ether oxygens (including phenoxy) is 3. The number of amides is 1. The van der Waals surface area contributed by atoms with Crippen molar-refractivity contribution < 1.29 is 28.6 Å². The van der Waals surface area contributed by atoms with Crippen LogP contribution < -0.4 is 0 Å². The standard InChI is InChI=1S/C16H25NO6/c1-10(2)9-21-15(20)22-13(18)12-7-11(3)8-17(12)14(19)23-16(4,5)6/h10,12H,3,7-9H2,1-2,4-6H3. The van der Waals surface area contributed by atoms with Gasteiger partial charge in [-0.3, -0.25) is 4.90 Å². The Balaban J connectivity index is 2.68. The smallest absolute Gasteiger partial charge is 0.444 e. The van der Waals surface area contributed by atoms with Crippen LogP contribution >= 0.6 is 0 Å². The van der Waals surface area contributed by atoms with Crippen molar-refractivity contribution in [2.75, 3.05) is 13.2 Å². The topological polar surface area (TPSA) is 82.1 Å². The maximum Gasteiger partial charge on any atom is 0.516 e. The highest BCUT2D eigenvalue weighted by molar-refractivity contribution is 5.89. The highest BCUT2D eigenvalue weighted by atomic mass is 16.7. The van der Waals surface area contributed by atoms with Crippen LogP contribution in [-0.4, -0.2) is 47.9 Å². The summed E-state index contributed by atoms with van der Waals surface area (Å²) in [5, 5.41) is 0. The molecule has 1 aliphatic heterocycles. The number of likely N-dealkylation sites (tertiary alicyclic amines) is 1. The third-order valence-electron chi connectivity index (χ3n) is 2.87. The first-order chi connectivity index (χ1) is 10.5. The molecule has 0 aliphatic carbocycles. The molecule has 1 unspecified atom stereocenters. The van der Waals surface area contributed by atoms with Gasteiger partial charge >= 0.3 is 18.2 Å². The van der Waals surface area contributed by atoms with Crippen LogP contribution in [0.1, 0.15) is 41.0 Å². The summed E-state index contributed by atoms with van der Waals surface area (Å²) in [4.78, 5) is 37.0. The van der Waals surface area contributed by atoms with Crippen LogP contribution in [0, 0.1) is 5.92 Å². The lowest BCUT2D eigenvalue weighted by atomic mass is 10.2. The maximum atomic E-state index is 12.2. The van der Waals surface area contributed by atoms with Gasteiger partial charge in [0, 0.05) is 13.0 Å². The maximum absolute atomic E-state index is 12.2. The first-order valence-corrected chi connectivity index (χ1v) is 7.54. The zero-order chi connectivity index (χ0) is 17.8. The first kappa shape index (κ1) is 19.0. The Morgan fingerprint density at radius 2 is 1.91 bits per heavy atom. The van der Waals surface area contributed by atoms with E-state index in [4.69, 9.17) is 9.47 Å². The van der Waals surface area contributed by atoms with Gasteiger partial charge in [-0.05, 0) is 26.7 Å². The Morgan fingerprint density at radius 1 is 1.30 bits per heavy atom. The predicted molar refractivity (Wildman–Crippen MR) is 82.8 cm³/mol. The molecule has 1 atom stereocenters. The van der Waals surface area contributed by atoms with Gasteiger partial charge in [-0.1, -0.05) is 26.0 Å². The van der Waals surface area contributed by atoms with Crippen molar-refractivity contribution in [3.05, 3.63) is 12.2 Å². The van der Waals surface area contributed by atoms with Crippen molar-refractivity contribution >= 4 is 18.2 Å². The Labute approximate surface area is 136 Å². The van der Waals surface area contributed by atoms with Crippen molar-refractivity contribution in [2.24, 2.45) is 5.92 Å². The van der Waals surface area contributed by atoms with Gasteiger partial charge in [-0.15, -0.1) is 0 Å². The molecule has 0 saturated carbocycles. The SMILES string of the molecule is C=C1CC(C(=O)OC(=O)OCC(C)C)N(C(=O)OC(C)(C)C)C1. The van der Waals surface area contributed by atoms with Gasteiger partial charge in [0.15, 0.2) is 0 Å². The minimum Gasteiger partial charge on any atom is -0.444 e. The quantitative estimate of drug-likeness (QED) is 0.450. The van der Waals surface area contributed by atoms with E-state index in [9.17, 15) is 14.4 Å². The minimum absolute atomic E-state index is 0.127. The Kier molecular flexibility index (Phi) is 6.18. The lowest BCUT2D eigenvalue weighted by Crippen LogP contribution is -2.44. The second-order valence-electron chi connectivity index (χ2n) is 6.95. The number of rotatable bonds is 3. The molecule has 7 heteroatoms. The lowest BCUT2D eigenvalue weighted by molar-refractivity contribution is -0.145. The van der Waals surface area contributed by atoms with Gasteiger partial charge in [0.05, 0.1) is 6.61 Å². The molecular formula is C16H25NO6. The van der Waals surface area contributed by atoms with Gasteiger partial charge in [-0.25, -0.2) is 14.4 Å². The van der Waals surface area contributed by atoms with E-state index in [1.807, 2.05) is 13.8 Å².